The summed E-state index contributed by atoms with van der Waals surface area (Å²) in [6, 6.07) is 0. The molecule has 2 aromatic heterocycles. The normalized spacial score (nSPS) is 10.6. The second-order valence-corrected chi connectivity index (χ2v) is 4.94. The van der Waals surface area contributed by atoms with Gasteiger partial charge in [0.2, 0.25) is 11.0 Å². The number of amides is 1. The van der Waals surface area contributed by atoms with Crippen LogP contribution in [0.5, 0.6) is 0 Å². The number of aryl methyl sites for hydroxylation is 3. The van der Waals surface area contributed by atoms with Crippen molar-refractivity contribution in [3.05, 3.63) is 22.0 Å². The van der Waals surface area contributed by atoms with Gasteiger partial charge in [-0.2, -0.15) is 0 Å². The zero-order valence-corrected chi connectivity index (χ0v) is 11.3. The molecule has 0 aromatic carbocycles. The molecule has 18 heavy (non-hydrogen) atoms. The average Bonchev–Trinajstić information content (AvgIpc) is 2.91. The van der Waals surface area contributed by atoms with Crippen LogP contribution in [0.2, 0.25) is 0 Å². The Morgan fingerprint density at radius 3 is 2.72 bits per heavy atom. The van der Waals surface area contributed by atoms with E-state index < -0.39 is 0 Å². The Balaban J connectivity index is 2.01. The first-order valence-electron chi connectivity index (χ1n) is 5.64. The molecule has 0 bridgehead atoms. The third-order valence-corrected chi connectivity index (χ3v) is 3.52. The highest BCUT2D eigenvalue weighted by atomic mass is 32.1. The summed E-state index contributed by atoms with van der Waals surface area (Å²) in [6.45, 7) is 5.61. The Kier molecular flexibility index (Phi) is 3.71. The van der Waals surface area contributed by atoms with Crippen LogP contribution < -0.4 is 5.32 Å². The van der Waals surface area contributed by atoms with E-state index in [1.165, 1.54) is 11.3 Å². The smallest absolute Gasteiger partial charge is 0.230 e. The van der Waals surface area contributed by atoms with E-state index in [-0.39, 0.29) is 12.3 Å². The Bertz CT molecular complexity index is 542. The van der Waals surface area contributed by atoms with Gasteiger partial charge in [-0.25, -0.2) is 0 Å². The Hall–Kier alpha value is -1.76. The number of rotatable bonds is 4. The van der Waals surface area contributed by atoms with Crippen molar-refractivity contribution in [3.8, 4) is 0 Å². The average molecular weight is 266 g/mol. The number of carbonyl (C=O) groups is 1. The molecule has 0 aliphatic carbocycles. The van der Waals surface area contributed by atoms with Gasteiger partial charge in [0.1, 0.15) is 10.8 Å². The van der Waals surface area contributed by atoms with Crippen LogP contribution in [0.3, 0.4) is 0 Å². The maximum absolute atomic E-state index is 11.8. The molecule has 0 saturated carbocycles. The molecular weight excluding hydrogens is 252 g/mol. The summed E-state index contributed by atoms with van der Waals surface area (Å²) in [5.41, 5.74) is 1.57. The molecule has 0 radical (unpaired) electrons. The fraction of sp³-hybridized carbons (Fsp3) is 0.455. The number of anilines is 1. The summed E-state index contributed by atoms with van der Waals surface area (Å²) in [7, 11) is 0. The SMILES string of the molecule is CCc1nnc(NC(=O)Cc2c(C)noc2C)s1. The minimum atomic E-state index is -0.136. The third kappa shape index (κ3) is 2.73. The van der Waals surface area contributed by atoms with Crippen molar-refractivity contribution in [3.63, 3.8) is 0 Å². The summed E-state index contributed by atoms with van der Waals surface area (Å²) in [5, 5.41) is 15.8. The van der Waals surface area contributed by atoms with Gasteiger partial charge in [-0.3, -0.25) is 4.79 Å². The van der Waals surface area contributed by atoms with E-state index in [2.05, 4.69) is 20.7 Å². The van der Waals surface area contributed by atoms with Crippen LogP contribution in [0.4, 0.5) is 5.13 Å². The van der Waals surface area contributed by atoms with Crippen molar-refractivity contribution in [1.29, 1.82) is 0 Å². The molecule has 1 N–H and O–H groups in total. The van der Waals surface area contributed by atoms with E-state index in [9.17, 15) is 4.79 Å². The van der Waals surface area contributed by atoms with Gasteiger partial charge in [-0.05, 0) is 20.3 Å². The van der Waals surface area contributed by atoms with Crippen LogP contribution in [0.1, 0.15) is 28.9 Å². The summed E-state index contributed by atoms with van der Waals surface area (Å²) in [6.07, 6.45) is 1.06. The number of aromatic nitrogens is 3. The van der Waals surface area contributed by atoms with Crippen LogP contribution in [0.25, 0.3) is 0 Å². The predicted octanol–water partition coefficient (Wildman–Crippen LogP) is 1.89. The Morgan fingerprint density at radius 1 is 1.39 bits per heavy atom. The molecule has 96 valence electrons. The first-order chi connectivity index (χ1) is 8.60. The monoisotopic (exact) mass is 266 g/mol. The maximum atomic E-state index is 11.8. The zero-order valence-electron chi connectivity index (χ0n) is 10.5. The van der Waals surface area contributed by atoms with Crippen LogP contribution in [-0.2, 0) is 17.6 Å². The van der Waals surface area contributed by atoms with Crippen LogP contribution in [-0.4, -0.2) is 21.3 Å². The van der Waals surface area contributed by atoms with E-state index in [1.807, 2.05) is 13.8 Å². The molecule has 2 aromatic rings. The minimum absolute atomic E-state index is 0.136. The highest BCUT2D eigenvalue weighted by Gasteiger charge is 2.14. The fourth-order valence-electron chi connectivity index (χ4n) is 1.53. The van der Waals surface area contributed by atoms with Crippen LogP contribution >= 0.6 is 11.3 Å². The fourth-order valence-corrected chi connectivity index (χ4v) is 2.22. The highest BCUT2D eigenvalue weighted by Crippen LogP contribution is 2.17. The second kappa shape index (κ2) is 5.26. The van der Waals surface area contributed by atoms with E-state index in [1.54, 1.807) is 6.92 Å². The largest absolute Gasteiger partial charge is 0.361 e. The van der Waals surface area contributed by atoms with E-state index in [0.29, 0.717) is 10.9 Å². The topological polar surface area (TPSA) is 80.9 Å². The van der Waals surface area contributed by atoms with Gasteiger partial charge in [-0.15, -0.1) is 10.2 Å². The van der Waals surface area contributed by atoms with Gasteiger partial charge in [-0.1, -0.05) is 23.4 Å². The van der Waals surface area contributed by atoms with Gasteiger partial charge in [0, 0.05) is 5.56 Å². The van der Waals surface area contributed by atoms with Crippen molar-refractivity contribution in [2.45, 2.75) is 33.6 Å². The molecule has 0 fully saturated rings. The molecule has 0 saturated heterocycles. The molecule has 2 rings (SSSR count). The summed E-state index contributed by atoms with van der Waals surface area (Å²) in [5.74, 6) is 0.539. The van der Waals surface area contributed by atoms with Gasteiger partial charge in [0.05, 0.1) is 12.1 Å². The van der Waals surface area contributed by atoms with Crippen molar-refractivity contribution in [1.82, 2.24) is 15.4 Å². The lowest BCUT2D eigenvalue weighted by Crippen LogP contribution is -2.15. The molecule has 0 atom stereocenters. The standard InChI is InChI=1S/C11H14N4O2S/c1-4-10-13-14-11(18-10)12-9(16)5-8-6(2)15-17-7(8)3/h4-5H2,1-3H3,(H,12,14,16). The van der Waals surface area contributed by atoms with Crippen molar-refractivity contribution in [2.75, 3.05) is 5.32 Å². The lowest BCUT2D eigenvalue weighted by atomic mass is 10.1. The molecular formula is C11H14N4O2S. The zero-order chi connectivity index (χ0) is 13.1. The van der Waals surface area contributed by atoms with E-state index >= 15 is 0 Å². The number of hydrogen-bond acceptors (Lipinski definition) is 6. The molecule has 0 aliphatic rings. The van der Waals surface area contributed by atoms with Gasteiger partial charge in [0.15, 0.2) is 0 Å². The summed E-state index contributed by atoms with van der Waals surface area (Å²) < 4.78 is 5.01. The molecule has 2 heterocycles. The Labute approximate surface area is 108 Å². The molecule has 7 heteroatoms. The van der Waals surface area contributed by atoms with Crippen LogP contribution in [0.15, 0.2) is 4.52 Å². The number of nitrogens with one attached hydrogen (secondary N) is 1. The maximum Gasteiger partial charge on any atom is 0.230 e. The molecule has 0 aliphatic heterocycles. The Morgan fingerprint density at radius 2 is 2.17 bits per heavy atom. The van der Waals surface area contributed by atoms with Crippen molar-refractivity contribution >= 4 is 22.4 Å². The quantitative estimate of drug-likeness (QED) is 0.913. The molecule has 6 nitrogen and oxygen atoms in total. The summed E-state index contributed by atoms with van der Waals surface area (Å²) in [4.78, 5) is 11.8. The number of hydrogen-bond donors (Lipinski definition) is 1. The predicted molar refractivity (Wildman–Crippen MR) is 67.6 cm³/mol. The first kappa shape index (κ1) is 12.7. The lowest BCUT2D eigenvalue weighted by molar-refractivity contribution is -0.115. The molecule has 0 spiro atoms. The number of nitrogens with zero attached hydrogens (tertiary/aromatic N) is 3. The first-order valence-corrected chi connectivity index (χ1v) is 6.45. The lowest BCUT2D eigenvalue weighted by Gasteiger charge is -2.00. The highest BCUT2D eigenvalue weighted by molar-refractivity contribution is 7.15. The van der Waals surface area contributed by atoms with E-state index in [4.69, 9.17) is 4.52 Å². The van der Waals surface area contributed by atoms with Gasteiger partial charge in [0.25, 0.3) is 0 Å². The molecule has 1 amide bonds. The molecule has 0 unspecified atom stereocenters. The summed E-state index contributed by atoms with van der Waals surface area (Å²) >= 11 is 1.39. The third-order valence-electron chi connectivity index (χ3n) is 2.53. The van der Waals surface area contributed by atoms with E-state index in [0.717, 1.165) is 22.7 Å². The second-order valence-electron chi connectivity index (χ2n) is 3.88. The minimum Gasteiger partial charge on any atom is -0.361 e. The van der Waals surface area contributed by atoms with Gasteiger partial charge >= 0.3 is 0 Å². The van der Waals surface area contributed by atoms with Gasteiger partial charge < -0.3 is 9.84 Å². The van der Waals surface area contributed by atoms with Crippen LogP contribution in [0, 0.1) is 13.8 Å². The van der Waals surface area contributed by atoms with Crippen molar-refractivity contribution in [2.24, 2.45) is 0 Å². The van der Waals surface area contributed by atoms with Crippen molar-refractivity contribution < 1.29 is 9.32 Å². The number of carbonyl (C=O) groups excluding carboxylic acids is 1.